The van der Waals surface area contributed by atoms with Crippen LogP contribution in [0.25, 0.3) is 0 Å². The number of hydrogen-bond acceptors (Lipinski definition) is 4. The number of rotatable bonds is 7. The molecule has 0 aliphatic carbocycles. The highest BCUT2D eigenvalue weighted by Gasteiger charge is 2.19. The predicted molar refractivity (Wildman–Crippen MR) is 128 cm³/mol. The van der Waals surface area contributed by atoms with E-state index in [2.05, 4.69) is 79.3 Å². The smallest absolute Gasteiger partial charge is 0.261 e. The number of benzene rings is 2. The number of likely N-dealkylation sites (N-methyl/N-ethyl adjacent to an activating group) is 1. The Morgan fingerprint density at radius 1 is 1.00 bits per heavy atom. The highest BCUT2D eigenvalue weighted by Crippen LogP contribution is 2.25. The van der Waals surface area contributed by atoms with Crippen molar-refractivity contribution in [1.29, 1.82) is 0 Å². The third kappa shape index (κ3) is 6.47. The Bertz CT molecular complexity index is 832. The summed E-state index contributed by atoms with van der Waals surface area (Å²) in [6, 6.07) is 16.5. The summed E-state index contributed by atoms with van der Waals surface area (Å²) >= 11 is 0. The second kappa shape index (κ2) is 10.2. The van der Waals surface area contributed by atoms with E-state index in [1.807, 2.05) is 19.1 Å². The number of nitrogens with one attached hydrogen (secondary N) is 1. The maximum absolute atomic E-state index is 12.7. The Morgan fingerprint density at radius 3 is 2.16 bits per heavy atom. The standard InChI is InChI=1S/C26H37N3O2/c1-6-24(31-23-13-9-21(10-14-23)26(2,3)4)25(30)27-19-20-7-11-22(12-8-20)29-17-15-28(5)16-18-29/h7-14,24H,6,15-19H2,1-5H3,(H,27,30). The van der Waals surface area contributed by atoms with Gasteiger partial charge in [-0.2, -0.15) is 0 Å². The van der Waals surface area contributed by atoms with Gasteiger partial charge >= 0.3 is 0 Å². The molecule has 3 rings (SSSR count). The van der Waals surface area contributed by atoms with Crippen LogP contribution < -0.4 is 15.0 Å². The molecule has 1 heterocycles. The van der Waals surface area contributed by atoms with Crippen molar-refractivity contribution < 1.29 is 9.53 Å². The number of carbonyl (C=O) groups is 1. The van der Waals surface area contributed by atoms with Crippen LogP contribution in [0.2, 0.25) is 0 Å². The highest BCUT2D eigenvalue weighted by molar-refractivity contribution is 5.81. The molecule has 31 heavy (non-hydrogen) atoms. The molecule has 1 aliphatic heterocycles. The Morgan fingerprint density at radius 2 is 1.61 bits per heavy atom. The second-order valence-electron chi connectivity index (χ2n) is 9.46. The number of ether oxygens (including phenoxy) is 1. The lowest BCUT2D eigenvalue weighted by Crippen LogP contribution is -2.44. The van der Waals surface area contributed by atoms with Crippen molar-refractivity contribution in [2.45, 2.75) is 52.2 Å². The van der Waals surface area contributed by atoms with Gasteiger partial charge in [0.2, 0.25) is 0 Å². The number of nitrogens with zero attached hydrogens (tertiary/aromatic N) is 2. The minimum atomic E-state index is -0.495. The molecule has 1 N–H and O–H groups in total. The zero-order valence-electron chi connectivity index (χ0n) is 19.6. The molecule has 5 nitrogen and oxygen atoms in total. The normalized spacial score (nSPS) is 16.1. The number of hydrogen-bond donors (Lipinski definition) is 1. The molecular weight excluding hydrogens is 386 g/mol. The maximum Gasteiger partial charge on any atom is 0.261 e. The molecule has 2 aromatic carbocycles. The van der Waals surface area contributed by atoms with Crippen molar-refractivity contribution in [2.24, 2.45) is 0 Å². The quantitative estimate of drug-likeness (QED) is 0.725. The summed E-state index contributed by atoms with van der Waals surface area (Å²) in [6.45, 7) is 13.3. The third-order valence-corrected chi connectivity index (χ3v) is 5.93. The van der Waals surface area contributed by atoms with Crippen LogP contribution in [0.1, 0.15) is 45.2 Å². The van der Waals surface area contributed by atoms with Crippen LogP contribution in [0.4, 0.5) is 5.69 Å². The van der Waals surface area contributed by atoms with Gasteiger partial charge < -0.3 is 19.9 Å². The van der Waals surface area contributed by atoms with Crippen LogP contribution >= 0.6 is 0 Å². The van der Waals surface area contributed by atoms with E-state index >= 15 is 0 Å². The SMILES string of the molecule is CCC(Oc1ccc(C(C)(C)C)cc1)C(=O)NCc1ccc(N2CCN(C)CC2)cc1. The van der Waals surface area contributed by atoms with Crippen molar-refractivity contribution in [1.82, 2.24) is 10.2 Å². The summed E-state index contributed by atoms with van der Waals surface area (Å²) in [5.41, 5.74) is 3.68. The molecule has 0 aromatic heterocycles. The first-order chi connectivity index (χ1) is 14.8. The highest BCUT2D eigenvalue weighted by atomic mass is 16.5. The van der Waals surface area contributed by atoms with Gasteiger partial charge in [-0.25, -0.2) is 0 Å². The fourth-order valence-electron chi connectivity index (χ4n) is 3.71. The Kier molecular flexibility index (Phi) is 7.60. The van der Waals surface area contributed by atoms with Gasteiger partial charge in [0.15, 0.2) is 6.10 Å². The number of carbonyl (C=O) groups excluding carboxylic acids is 1. The van der Waals surface area contributed by atoms with Gasteiger partial charge in [-0.3, -0.25) is 4.79 Å². The summed E-state index contributed by atoms with van der Waals surface area (Å²) in [5.74, 6) is 0.650. The van der Waals surface area contributed by atoms with Crippen LogP contribution in [0, 0.1) is 0 Å². The van der Waals surface area contributed by atoms with Crippen LogP contribution in [-0.2, 0) is 16.8 Å². The Labute approximate surface area is 187 Å². The summed E-state index contributed by atoms with van der Waals surface area (Å²) < 4.78 is 5.97. The first-order valence-corrected chi connectivity index (χ1v) is 11.3. The summed E-state index contributed by atoms with van der Waals surface area (Å²) in [5, 5.41) is 3.03. The van der Waals surface area contributed by atoms with Crippen molar-refractivity contribution >= 4 is 11.6 Å². The second-order valence-corrected chi connectivity index (χ2v) is 9.46. The Balaban J connectivity index is 1.51. The molecule has 1 unspecified atom stereocenters. The van der Waals surface area contributed by atoms with Gasteiger partial charge in [-0.05, 0) is 54.3 Å². The van der Waals surface area contributed by atoms with Gasteiger partial charge in [0, 0.05) is 38.4 Å². The number of anilines is 1. The first-order valence-electron chi connectivity index (χ1n) is 11.3. The van der Waals surface area contributed by atoms with E-state index in [4.69, 9.17) is 4.74 Å². The molecule has 1 atom stereocenters. The summed E-state index contributed by atoms with van der Waals surface area (Å²) in [6.07, 6.45) is 0.125. The van der Waals surface area contributed by atoms with Crippen molar-refractivity contribution in [3.63, 3.8) is 0 Å². The van der Waals surface area contributed by atoms with Gasteiger partial charge in [0.1, 0.15) is 5.75 Å². The summed E-state index contributed by atoms with van der Waals surface area (Å²) in [7, 11) is 2.16. The molecule has 5 heteroatoms. The van der Waals surface area contributed by atoms with E-state index in [1.165, 1.54) is 11.3 Å². The zero-order chi connectivity index (χ0) is 22.4. The minimum Gasteiger partial charge on any atom is -0.481 e. The van der Waals surface area contributed by atoms with Gasteiger partial charge in [-0.15, -0.1) is 0 Å². The van der Waals surface area contributed by atoms with Crippen molar-refractivity contribution in [3.05, 3.63) is 59.7 Å². The fourth-order valence-corrected chi connectivity index (χ4v) is 3.71. The van der Waals surface area contributed by atoms with Crippen molar-refractivity contribution in [2.75, 3.05) is 38.1 Å². The fraction of sp³-hybridized carbons (Fsp3) is 0.500. The average Bonchev–Trinajstić information content (AvgIpc) is 2.76. The van der Waals surface area contributed by atoms with Crippen LogP contribution in [0.15, 0.2) is 48.5 Å². The van der Waals surface area contributed by atoms with Gasteiger partial charge in [-0.1, -0.05) is 52.0 Å². The molecule has 2 aromatic rings. The average molecular weight is 424 g/mol. The lowest BCUT2D eigenvalue weighted by molar-refractivity contribution is -0.128. The van der Waals surface area contributed by atoms with Crippen molar-refractivity contribution in [3.8, 4) is 5.75 Å². The minimum absolute atomic E-state index is 0.0782. The molecular formula is C26H37N3O2. The van der Waals surface area contributed by atoms with E-state index in [0.717, 1.165) is 37.5 Å². The Hall–Kier alpha value is -2.53. The lowest BCUT2D eigenvalue weighted by atomic mass is 9.87. The predicted octanol–water partition coefficient (Wildman–Crippen LogP) is 4.21. The van der Waals surface area contributed by atoms with E-state index in [9.17, 15) is 4.79 Å². The molecule has 1 aliphatic rings. The molecule has 1 amide bonds. The molecule has 0 bridgehead atoms. The van der Waals surface area contributed by atoms with Gasteiger partial charge in [0.25, 0.3) is 5.91 Å². The molecule has 0 radical (unpaired) electrons. The number of piperazine rings is 1. The van der Waals surface area contributed by atoms with E-state index < -0.39 is 6.10 Å². The molecule has 0 spiro atoms. The third-order valence-electron chi connectivity index (χ3n) is 5.93. The van der Waals surface area contributed by atoms with Crippen LogP contribution in [0.3, 0.4) is 0 Å². The van der Waals surface area contributed by atoms with Crippen LogP contribution in [0.5, 0.6) is 5.75 Å². The summed E-state index contributed by atoms with van der Waals surface area (Å²) in [4.78, 5) is 17.4. The van der Waals surface area contributed by atoms with Gasteiger partial charge in [0.05, 0.1) is 0 Å². The largest absolute Gasteiger partial charge is 0.481 e. The monoisotopic (exact) mass is 423 g/mol. The van der Waals surface area contributed by atoms with E-state index in [0.29, 0.717) is 13.0 Å². The topological polar surface area (TPSA) is 44.8 Å². The zero-order valence-corrected chi connectivity index (χ0v) is 19.6. The molecule has 1 fully saturated rings. The first kappa shape index (κ1) is 23.1. The van der Waals surface area contributed by atoms with Crippen LogP contribution in [-0.4, -0.2) is 50.1 Å². The maximum atomic E-state index is 12.7. The van der Waals surface area contributed by atoms with E-state index in [1.54, 1.807) is 0 Å². The lowest BCUT2D eigenvalue weighted by Gasteiger charge is -2.34. The molecule has 0 saturated carbocycles. The molecule has 1 saturated heterocycles. The van der Waals surface area contributed by atoms with E-state index in [-0.39, 0.29) is 11.3 Å². The molecule has 168 valence electrons. The number of amides is 1.